The van der Waals surface area contributed by atoms with Gasteiger partial charge in [-0.3, -0.25) is 4.79 Å². The number of hydrogen-bond donors (Lipinski definition) is 1. The van der Waals surface area contributed by atoms with E-state index in [1.165, 1.54) is 11.8 Å². The molecule has 8 heteroatoms. The van der Waals surface area contributed by atoms with Crippen LogP contribution in [0.1, 0.15) is 55.8 Å². The van der Waals surface area contributed by atoms with Crippen molar-refractivity contribution < 1.29 is 19.1 Å². The van der Waals surface area contributed by atoms with Crippen LogP contribution in [0.25, 0.3) is 0 Å². The fraction of sp³-hybridized carbons (Fsp3) is 0.480. The second-order valence-electron chi connectivity index (χ2n) is 8.59. The van der Waals surface area contributed by atoms with Crippen LogP contribution in [0, 0.1) is 13.8 Å². The second kappa shape index (κ2) is 10.1. The topological polar surface area (TPSA) is 80.2 Å². The highest BCUT2D eigenvalue weighted by Crippen LogP contribution is 2.45. The monoisotopic (exact) mass is 469 g/mol. The molecule has 0 bridgehead atoms. The zero-order valence-corrected chi connectivity index (χ0v) is 20.5. The number of carbonyl (C=O) groups is 2. The second-order valence-corrected chi connectivity index (χ2v) is 9.43. The van der Waals surface area contributed by atoms with Gasteiger partial charge in [0.2, 0.25) is 5.91 Å². The number of fused-ring (bicyclic) bond motifs is 1. The molecule has 0 spiro atoms. The molecule has 1 saturated heterocycles. The Hall–Kier alpha value is -2.58. The molecule has 0 unspecified atom stereocenters. The number of hydrogen-bond acceptors (Lipinski definition) is 7. The zero-order chi connectivity index (χ0) is 23.5. The number of thioether (sulfide) groups is 1. The van der Waals surface area contributed by atoms with E-state index >= 15 is 0 Å². The van der Waals surface area contributed by atoms with Crippen molar-refractivity contribution in [3.63, 3.8) is 0 Å². The van der Waals surface area contributed by atoms with Crippen molar-refractivity contribution in [3.05, 3.63) is 57.3 Å². The maximum atomic E-state index is 13.0. The number of carbonyl (C=O) groups excluding carboxylic acids is 2. The average molecular weight is 470 g/mol. The van der Waals surface area contributed by atoms with Crippen LogP contribution in [-0.2, 0) is 19.1 Å². The standard InChI is InChI=1S/C25H31N3O4S/c1-5-31-24(30)22-17(4)27-25-28(23(22)20-9-8-15(2)11-16(20)3)18(14-33-25)12-21(29)26-13-19-7-6-10-32-19/h8-9,11,14,19,23H,5-7,10,12-13H2,1-4H3,(H,26,29)/t19-,23-/m1/s1. The van der Waals surface area contributed by atoms with Crippen LogP contribution in [0.5, 0.6) is 0 Å². The number of nitrogens with zero attached hydrogens (tertiary/aromatic N) is 2. The van der Waals surface area contributed by atoms with Crippen molar-refractivity contribution >= 4 is 28.8 Å². The molecule has 33 heavy (non-hydrogen) atoms. The third-order valence-electron chi connectivity index (χ3n) is 6.11. The van der Waals surface area contributed by atoms with Gasteiger partial charge in [-0.25, -0.2) is 9.79 Å². The van der Waals surface area contributed by atoms with E-state index in [9.17, 15) is 9.59 Å². The summed E-state index contributed by atoms with van der Waals surface area (Å²) < 4.78 is 11.0. The first-order valence-corrected chi connectivity index (χ1v) is 12.3. The molecule has 0 aromatic heterocycles. The summed E-state index contributed by atoms with van der Waals surface area (Å²) in [5, 5.41) is 5.73. The van der Waals surface area contributed by atoms with Crippen LogP contribution in [0.4, 0.5) is 0 Å². The predicted molar refractivity (Wildman–Crippen MR) is 130 cm³/mol. The quantitative estimate of drug-likeness (QED) is 0.605. The highest BCUT2D eigenvalue weighted by molar-refractivity contribution is 8.16. The number of nitrogens with one attached hydrogen (secondary N) is 1. The van der Waals surface area contributed by atoms with Gasteiger partial charge in [-0.1, -0.05) is 35.5 Å². The number of aliphatic imine (C=N–C) groups is 1. The molecule has 4 rings (SSSR count). The lowest BCUT2D eigenvalue weighted by molar-refractivity contribution is -0.139. The fourth-order valence-corrected chi connectivity index (χ4v) is 5.49. The summed E-state index contributed by atoms with van der Waals surface area (Å²) in [6.45, 7) is 9.31. The molecule has 7 nitrogen and oxygen atoms in total. The van der Waals surface area contributed by atoms with Crippen molar-refractivity contribution in [3.8, 4) is 0 Å². The van der Waals surface area contributed by atoms with Crippen LogP contribution >= 0.6 is 11.8 Å². The van der Waals surface area contributed by atoms with Gasteiger partial charge < -0.3 is 19.7 Å². The summed E-state index contributed by atoms with van der Waals surface area (Å²) in [5.41, 5.74) is 5.22. The van der Waals surface area contributed by atoms with Gasteiger partial charge in [0.05, 0.1) is 36.4 Å². The summed E-state index contributed by atoms with van der Waals surface area (Å²) in [6.07, 6.45) is 2.31. The smallest absolute Gasteiger partial charge is 0.338 e. The molecular weight excluding hydrogens is 438 g/mol. The van der Waals surface area contributed by atoms with Gasteiger partial charge in [0.25, 0.3) is 0 Å². The first kappa shape index (κ1) is 23.6. The molecular formula is C25H31N3O4S. The van der Waals surface area contributed by atoms with E-state index in [-0.39, 0.29) is 31.0 Å². The van der Waals surface area contributed by atoms with Crippen LogP contribution in [-0.4, -0.2) is 47.8 Å². The Labute approximate surface area is 199 Å². The van der Waals surface area contributed by atoms with E-state index in [4.69, 9.17) is 14.5 Å². The van der Waals surface area contributed by atoms with E-state index in [0.29, 0.717) is 17.8 Å². The van der Waals surface area contributed by atoms with Crippen molar-refractivity contribution in [2.75, 3.05) is 19.8 Å². The van der Waals surface area contributed by atoms with Gasteiger partial charge in [-0.05, 0) is 57.1 Å². The number of amides is 1. The van der Waals surface area contributed by atoms with Crippen LogP contribution in [0.2, 0.25) is 0 Å². The Bertz CT molecular complexity index is 1040. The highest BCUT2D eigenvalue weighted by Gasteiger charge is 2.41. The highest BCUT2D eigenvalue weighted by atomic mass is 32.2. The lowest BCUT2D eigenvalue weighted by atomic mass is 9.90. The number of benzene rings is 1. The largest absolute Gasteiger partial charge is 0.463 e. The normalized spacial score (nSPS) is 22.1. The van der Waals surface area contributed by atoms with Gasteiger partial charge in [0.1, 0.15) is 0 Å². The number of amidine groups is 1. The molecule has 0 aliphatic carbocycles. The molecule has 1 aromatic carbocycles. The predicted octanol–water partition coefficient (Wildman–Crippen LogP) is 4.13. The zero-order valence-electron chi connectivity index (χ0n) is 19.6. The molecule has 3 aliphatic rings. The lowest BCUT2D eigenvalue weighted by Crippen LogP contribution is -2.39. The summed E-state index contributed by atoms with van der Waals surface area (Å²) in [6, 6.07) is 5.82. The average Bonchev–Trinajstić information content (AvgIpc) is 3.42. The summed E-state index contributed by atoms with van der Waals surface area (Å²) >= 11 is 1.48. The van der Waals surface area contributed by atoms with Crippen molar-refractivity contribution in [1.82, 2.24) is 10.2 Å². The number of aryl methyl sites for hydroxylation is 2. The fourth-order valence-electron chi connectivity index (χ4n) is 4.53. The number of esters is 1. The Morgan fingerprint density at radius 3 is 2.82 bits per heavy atom. The Morgan fingerprint density at radius 2 is 2.12 bits per heavy atom. The van der Waals surface area contributed by atoms with Crippen LogP contribution in [0.15, 0.2) is 45.6 Å². The SMILES string of the molecule is CCOC(=O)C1=C(C)N=C2SC=C(CC(=O)NC[C@H]3CCCO3)N2[C@@H]1c1ccc(C)cc1C. The minimum Gasteiger partial charge on any atom is -0.463 e. The van der Waals surface area contributed by atoms with E-state index in [2.05, 4.69) is 17.4 Å². The molecule has 1 aromatic rings. The Kier molecular flexibility index (Phi) is 7.24. The molecule has 0 radical (unpaired) electrons. The molecule has 176 valence electrons. The van der Waals surface area contributed by atoms with E-state index in [1.807, 2.05) is 37.1 Å². The molecule has 0 saturated carbocycles. The number of ether oxygens (including phenoxy) is 2. The molecule has 1 amide bonds. The van der Waals surface area contributed by atoms with Gasteiger partial charge in [-0.15, -0.1) is 0 Å². The maximum absolute atomic E-state index is 13.0. The van der Waals surface area contributed by atoms with E-state index < -0.39 is 6.04 Å². The summed E-state index contributed by atoms with van der Waals surface area (Å²) in [5.74, 6) is -0.441. The Morgan fingerprint density at radius 1 is 1.30 bits per heavy atom. The third kappa shape index (κ3) is 5.01. The van der Waals surface area contributed by atoms with E-state index in [0.717, 1.165) is 47.0 Å². The molecule has 3 heterocycles. The third-order valence-corrected chi connectivity index (χ3v) is 7.00. The Balaban J connectivity index is 1.63. The van der Waals surface area contributed by atoms with Crippen molar-refractivity contribution in [2.45, 2.75) is 59.1 Å². The first-order chi connectivity index (χ1) is 15.9. The van der Waals surface area contributed by atoms with Crippen LogP contribution < -0.4 is 5.32 Å². The minimum absolute atomic E-state index is 0.0677. The van der Waals surface area contributed by atoms with E-state index in [1.54, 1.807) is 6.92 Å². The number of rotatable bonds is 7. The van der Waals surface area contributed by atoms with Crippen molar-refractivity contribution in [2.24, 2.45) is 4.99 Å². The van der Waals surface area contributed by atoms with Gasteiger partial charge in [-0.2, -0.15) is 0 Å². The van der Waals surface area contributed by atoms with Crippen molar-refractivity contribution in [1.29, 1.82) is 0 Å². The number of allylic oxidation sites excluding steroid dienone is 1. The lowest BCUT2D eigenvalue weighted by Gasteiger charge is -2.37. The molecule has 2 atom stereocenters. The minimum atomic E-state index is -0.399. The molecule has 3 aliphatic heterocycles. The molecule has 1 N–H and O–H groups in total. The first-order valence-electron chi connectivity index (χ1n) is 11.5. The van der Waals surface area contributed by atoms with Gasteiger partial charge in [0.15, 0.2) is 5.17 Å². The molecule has 1 fully saturated rings. The van der Waals surface area contributed by atoms with Gasteiger partial charge in [0, 0.05) is 18.8 Å². The van der Waals surface area contributed by atoms with Crippen LogP contribution in [0.3, 0.4) is 0 Å². The summed E-state index contributed by atoms with van der Waals surface area (Å²) in [4.78, 5) is 32.5. The summed E-state index contributed by atoms with van der Waals surface area (Å²) in [7, 11) is 0. The maximum Gasteiger partial charge on any atom is 0.338 e. The van der Waals surface area contributed by atoms with Gasteiger partial charge >= 0.3 is 5.97 Å².